The fourth-order valence-electron chi connectivity index (χ4n) is 1.66. The summed E-state index contributed by atoms with van der Waals surface area (Å²) >= 11 is 3.24. The van der Waals surface area contributed by atoms with Gasteiger partial charge >= 0.3 is 6.18 Å². The Morgan fingerprint density at radius 3 is 2.65 bits per heavy atom. The Balaban J connectivity index is 3.07. The first-order chi connectivity index (χ1) is 11.9. The molecule has 5 N–H and O–H groups in total. The number of carbonyl (C=O) groups is 1. The zero-order chi connectivity index (χ0) is 20.1. The van der Waals surface area contributed by atoms with Gasteiger partial charge in [0.25, 0.3) is 5.91 Å². The van der Waals surface area contributed by atoms with Crippen LogP contribution in [0.2, 0.25) is 5.02 Å². The highest BCUT2D eigenvalue weighted by atomic mass is 35.5. The van der Waals surface area contributed by atoms with Crippen LogP contribution in [-0.2, 0) is 11.1 Å². The molecule has 0 aliphatic rings. The van der Waals surface area contributed by atoms with Crippen molar-refractivity contribution in [1.82, 2.24) is 10.3 Å². The summed E-state index contributed by atoms with van der Waals surface area (Å²) in [6, 6.07) is 0.853. The molecule has 2 unspecified atom stereocenters. The van der Waals surface area contributed by atoms with Gasteiger partial charge in [0.2, 0.25) is 0 Å². The fourth-order valence-corrected chi connectivity index (χ4v) is 2.53. The van der Waals surface area contributed by atoms with Gasteiger partial charge in [-0.3, -0.25) is 4.79 Å². The second kappa shape index (κ2) is 8.51. The Hall–Kier alpha value is -2.12. The first-order valence-corrected chi connectivity index (χ1v) is 8.26. The lowest BCUT2D eigenvalue weighted by Gasteiger charge is -2.27. The van der Waals surface area contributed by atoms with Crippen molar-refractivity contribution in [3.8, 4) is 5.75 Å². The van der Waals surface area contributed by atoms with Crippen LogP contribution in [0.15, 0.2) is 17.4 Å². The van der Waals surface area contributed by atoms with Crippen LogP contribution in [0.4, 0.5) is 13.2 Å². The smallest absolute Gasteiger partial charge is 0.422 e. The molecule has 0 saturated heterocycles. The van der Waals surface area contributed by atoms with Gasteiger partial charge in [-0.2, -0.15) is 13.2 Å². The molecule has 0 fully saturated rings. The molecule has 146 valence electrons. The van der Waals surface area contributed by atoms with Gasteiger partial charge in [0.1, 0.15) is 22.0 Å². The SMILES string of the molecule is CC(CS(=O)O)(NC(=O)c1cc(OCC(F)(F)F)c(Cl)cn1)C(N)=NO. The average molecular weight is 419 g/mol. The molecule has 0 aromatic carbocycles. The Labute approximate surface area is 152 Å². The number of rotatable bonds is 7. The number of aromatic nitrogens is 1. The van der Waals surface area contributed by atoms with E-state index < -0.39 is 58.3 Å². The highest BCUT2D eigenvalue weighted by Crippen LogP contribution is 2.26. The maximum absolute atomic E-state index is 12.3. The Morgan fingerprint density at radius 2 is 2.15 bits per heavy atom. The number of nitrogens with zero attached hydrogens (tertiary/aromatic N) is 2. The van der Waals surface area contributed by atoms with Gasteiger partial charge in [-0.15, -0.1) is 0 Å². The number of amides is 1. The van der Waals surface area contributed by atoms with Gasteiger partial charge in [0.15, 0.2) is 23.5 Å². The van der Waals surface area contributed by atoms with E-state index in [1.54, 1.807) is 0 Å². The number of hydrogen-bond donors (Lipinski definition) is 4. The van der Waals surface area contributed by atoms with E-state index in [0.29, 0.717) is 0 Å². The zero-order valence-corrected chi connectivity index (χ0v) is 14.7. The summed E-state index contributed by atoms with van der Waals surface area (Å²) in [4.78, 5) is 15.9. The molecule has 9 nitrogen and oxygen atoms in total. The van der Waals surface area contributed by atoms with E-state index in [9.17, 15) is 22.2 Å². The topological polar surface area (TPSA) is 147 Å². The van der Waals surface area contributed by atoms with Crippen LogP contribution in [0.1, 0.15) is 17.4 Å². The Kier molecular flexibility index (Phi) is 7.17. The Bertz CT molecular complexity index is 733. The summed E-state index contributed by atoms with van der Waals surface area (Å²) in [6.07, 6.45) is -3.72. The summed E-state index contributed by atoms with van der Waals surface area (Å²) < 4.78 is 61.3. The van der Waals surface area contributed by atoms with E-state index in [1.165, 1.54) is 6.92 Å². The van der Waals surface area contributed by atoms with Crippen LogP contribution in [0.3, 0.4) is 0 Å². The molecule has 0 aliphatic heterocycles. The van der Waals surface area contributed by atoms with Gasteiger partial charge in [0, 0.05) is 6.07 Å². The highest BCUT2D eigenvalue weighted by molar-refractivity contribution is 7.79. The average Bonchev–Trinajstić information content (AvgIpc) is 2.51. The second-order valence-corrected chi connectivity index (χ2v) is 6.48. The van der Waals surface area contributed by atoms with Crippen LogP contribution in [0, 0.1) is 0 Å². The summed E-state index contributed by atoms with van der Waals surface area (Å²) in [6.45, 7) is -0.436. The van der Waals surface area contributed by atoms with E-state index in [4.69, 9.17) is 27.1 Å². The monoisotopic (exact) mass is 418 g/mol. The maximum Gasteiger partial charge on any atom is 0.422 e. The third-order valence-corrected chi connectivity index (χ3v) is 4.03. The number of oxime groups is 1. The molecule has 1 rings (SSSR count). The molecule has 14 heteroatoms. The molecule has 1 aromatic heterocycles. The number of hydrogen-bond acceptors (Lipinski definition) is 6. The van der Waals surface area contributed by atoms with Gasteiger partial charge in [0.05, 0.1) is 11.9 Å². The lowest BCUT2D eigenvalue weighted by Crippen LogP contribution is -2.58. The number of halogens is 4. The third kappa shape index (κ3) is 6.31. The number of pyridine rings is 1. The van der Waals surface area contributed by atoms with Crippen molar-refractivity contribution in [2.24, 2.45) is 10.9 Å². The molecule has 0 spiro atoms. The second-order valence-electron chi connectivity index (χ2n) is 5.14. The summed E-state index contributed by atoms with van der Waals surface area (Å²) in [5.74, 6) is -2.63. The predicted molar refractivity (Wildman–Crippen MR) is 85.7 cm³/mol. The Morgan fingerprint density at radius 1 is 1.54 bits per heavy atom. The van der Waals surface area contributed by atoms with Gasteiger partial charge in [-0.25, -0.2) is 9.19 Å². The van der Waals surface area contributed by atoms with Crippen molar-refractivity contribution in [2.45, 2.75) is 18.6 Å². The minimum atomic E-state index is -4.62. The predicted octanol–water partition coefficient (Wildman–Crippen LogP) is 1.13. The highest BCUT2D eigenvalue weighted by Gasteiger charge is 2.35. The van der Waals surface area contributed by atoms with Crippen molar-refractivity contribution >= 4 is 34.4 Å². The lowest BCUT2D eigenvalue weighted by atomic mass is 10.0. The van der Waals surface area contributed by atoms with Crippen molar-refractivity contribution in [3.63, 3.8) is 0 Å². The van der Waals surface area contributed by atoms with Gasteiger partial charge < -0.3 is 25.5 Å². The van der Waals surface area contributed by atoms with Gasteiger partial charge in [-0.05, 0) is 6.92 Å². The molecule has 0 aliphatic carbocycles. The fraction of sp³-hybridized carbons (Fsp3) is 0.417. The van der Waals surface area contributed by atoms with Crippen molar-refractivity contribution < 1.29 is 36.7 Å². The number of ether oxygens (including phenoxy) is 1. The van der Waals surface area contributed by atoms with E-state index in [1.807, 2.05) is 0 Å². The first kappa shape index (κ1) is 21.9. The molecule has 26 heavy (non-hydrogen) atoms. The van der Waals surface area contributed by atoms with Crippen LogP contribution in [0.25, 0.3) is 0 Å². The standard InChI is InChI=1S/C12H14ClF3N4O5S/c1-11(5-26(23)24,10(17)20-22)19-9(21)7-2-8(6(13)3-18-7)25-4-12(14,15)16/h2-3,22H,4-5H2,1H3,(H2,17,20)(H,19,21)(H,23,24). The first-order valence-electron chi connectivity index (χ1n) is 6.61. The maximum atomic E-state index is 12.3. The molecule has 0 saturated carbocycles. The molecule has 0 radical (unpaired) electrons. The van der Waals surface area contributed by atoms with E-state index in [-0.39, 0.29) is 5.02 Å². The van der Waals surface area contributed by atoms with Crippen LogP contribution in [0.5, 0.6) is 5.75 Å². The van der Waals surface area contributed by atoms with E-state index in [0.717, 1.165) is 12.3 Å². The molecule has 0 bridgehead atoms. The number of amidine groups is 1. The molecule has 1 aromatic rings. The number of carbonyl (C=O) groups excluding carboxylic acids is 1. The molecule has 2 atom stereocenters. The minimum Gasteiger partial charge on any atom is -0.482 e. The molecule has 1 heterocycles. The third-order valence-electron chi connectivity index (χ3n) is 2.92. The quantitative estimate of drug-likeness (QED) is 0.170. The van der Waals surface area contributed by atoms with E-state index in [2.05, 4.69) is 20.2 Å². The van der Waals surface area contributed by atoms with E-state index >= 15 is 0 Å². The van der Waals surface area contributed by atoms with Crippen LogP contribution < -0.4 is 15.8 Å². The zero-order valence-electron chi connectivity index (χ0n) is 13.1. The van der Waals surface area contributed by atoms with Crippen molar-refractivity contribution in [3.05, 3.63) is 23.0 Å². The number of nitrogens with two attached hydrogens (primary N) is 1. The normalized spacial score (nSPS) is 15.8. The van der Waals surface area contributed by atoms with Crippen molar-refractivity contribution in [1.29, 1.82) is 0 Å². The number of nitrogens with one attached hydrogen (secondary N) is 1. The number of alkyl halides is 3. The van der Waals surface area contributed by atoms with Gasteiger partial charge in [-0.1, -0.05) is 16.8 Å². The summed E-state index contributed by atoms with van der Waals surface area (Å²) in [5.41, 5.74) is 3.28. The minimum absolute atomic E-state index is 0.263. The summed E-state index contributed by atoms with van der Waals surface area (Å²) in [5, 5.41) is 13.4. The lowest BCUT2D eigenvalue weighted by molar-refractivity contribution is -0.153. The largest absolute Gasteiger partial charge is 0.482 e. The van der Waals surface area contributed by atoms with Crippen molar-refractivity contribution in [2.75, 3.05) is 12.4 Å². The molecular formula is C12H14ClF3N4O5S. The van der Waals surface area contributed by atoms with Crippen LogP contribution >= 0.6 is 11.6 Å². The molecule has 1 amide bonds. The molecular weight excluding hydrogens is 405 g/mol. The summed E-state index contributed by atoms with van der Waals surface area (Å²) in [7, 11) is 0. The van der Waals surface area contributed by atoms with Crippen LogP contribution in [-0.4, -0.2) is 54.8 Å².